The molecule has 0 aliphatic heterocycles. The van der Waals surface area contributed by atoms with E-state index in [-0.39, 0.29) is 0 Å². The summed E-state index contributed by atoms with van der Waals surface area (Å²) in [5.41, 5.74) is -6.59. The highest BCUT2D eigenvalue weighted by Gasteiger charge is 2.49. The molecule has 0 aromatic heterocycles. The first-order chi connectivity index (χ1) is 11.7. The van der Waals surface area contributed by atoms with Gasteiger partial charge in [0.05, 0.1) is 12.0 Å². The summed E-state index contributed by atoms with van der Waals surface area (Å²) in [5, 5.41) is 0. The van der Waals surface area contributed by atoms with Crippen molar-refractivity contribution >= 4 is 32.4 Å². The SMILES string of the molecule is COC(=O)c1cc(S(=O)(=O)N=CN(C)C)ccc1OS(=O)(=O)C(F)(F)F. The van der Waals surface area contributed by atoms with Crippen LogP contribution in [-0.2, 0) is 24.9 Å². The number of methoxy groups -OCH3 is 1. The van der Waals surface area contributed by atoms with E-state index in [1.54, 1.807) is 0 Å². The summed E-state index contributed by atoms with van der Waals surface area (Å²) in [5.74, 6) is -2.37. The van der Waals surface area contributed by atoms with Gasteiger partial charge in [0, 0.05) is 14.1 Å². The number of sulfonamides is 1. The zero-order chi connectivity index (χ0) is 20.3. The third-order valence-electron chi connectivity index (χ3n) is 2.55. The monoisotopic (exact) mass is 418 g/mol. The van der Waals surface area contributed by atoms with Gasteiger partial charge >= 0.3 is 21.6 Å². The third-order valence-corrected chi connectivity index (χ3v) is 4.74. The van der Waals surface area contributed by atoms with Crippen molar-refractivity contribution < 1.29 is 43.7 Å². The second-order valence-corrected chi connectivity index (χ2v) is 7.96. The lowest BCUT2D eigenvalue weighted by molar-refractivity contribution is -0.0500. The van der Waals surface area contributed by atoms with Crippen LogP contribution < -0.4 is 4.18 Å². The number of alkyl halides is 3. The molecule has 0 atom stereocenters. The molecule has 0 heterocycles. The molecule has 1 rings (SSSR count). The van der Waals surface area contributed by atoms with Gasteiger partial charge in [-0.05, 0) is 18.2 Å². The summed E-state index contributed by atoms with van der Waals surface area (Å²) in [6, 6.07) is 1.90. The summed E-state index contributed by atoms with van der Waals surface area (Å²) < 4.78 is 95.0. The minimum atomic E-state index is -6.08. The van der Waals surface area contributed by atoms with Gasteiger partial charge in [0.1, 0.15) is 11.9 Å². The van der Waals surface area contributed by atoms with Crippen LogP contribution in [0.3, 0.4) is 0 Å². The summed E-state index contributed by atoms with van der Waals surface area (Å²) >= 11 is 0. The molecule has 14 heteroatoms. The number of rotatable bonds is 6. The zero-order valence-corrected chi connectivity index (χ0v) is 15.1. The van der Waals surface area contributed by atoms with Crippen LogP contribution in [0.4, 0.5) is 13.2 Å². The van der Waals surface area contributed by atoms with Gasteiger partial charge in [0.15, 0.2) is 5.75 Å². The molecule has 0 fully saturated rings. The number of hydrogen-bond acceptors (Lipinski definition) is 7. The number of carbonyl (C=O) groups is 1. The first kappa shape index (κ1) is 21.7. The molecule has 0 bridgehead atoms. The van der Waals surface area contributed by atoms with Gasteiger partial charge in [-0.3, -0.25) is 0 Å². The van der Waals surface area contributed by atoms with Gasteiger partial charge in [-0.25, -0.2) is 4.79 Å². The predicted molar refractivity (Wildman–Crippen MR) is 82.7 cm³/mol. The van der Waals surface area contributed by atoms with Crippen LogP contribution in [0.25, 0.3) is 0 Å². The molecule has 1 aromatic rings. The molecule has 0 radical (unpaired) electrons. The molecule has 0 N–H and O–H groups in total. The highest BCUT2D eigenvalue weighted by atomic mass is 32.2. The van der Waals surface area contributed by atoms with Crippen LogP contribution in [-0.4, -0.2) is 60.8 Å². The zero-order valence-electron chi connectivity index (χ0n) is 13.5. The lowest BCUT2D eigenvalue weighted by Gasteiger charge is -2.13. The van der Waals surface area contributed by atoms with Crippen molar-refractivity contribution in [1.82, 2.24) is 4.90 Å². The van der Waals surface area contributed by atoms with Crippen LogP contribution in [0.1, 0.15) is 10.4 Å². The smallest absolute Gasteiger partial charge is 0.465 e. The van der Waals surface area contributed by atoms with E-state index in [1.807, 2.05) is 0 Å². The molecular formula is C12H13F3N2O7S2. The second-order valence-electron chi connectivity index (χ2n) is 4.79. The highest BCUT2D eigenvalue weighted by Crippen LogP contribution is 2.31. The number of halogens is 3. The Morgan fingerprint density at radius 2 is 1.77 bits per heavy atom. The fraction of sp³-hybridized carbons (Fsp3) is 0.333. The van der Waals surface area contributed by atoms with Crippen molar-refractivity contribution in [2.24, 2.45) is 4.40 Å². The average Bonchev–Trinajstić information content (AvgIpc) is 2.51. The minimum absolute atomic E-state index is 0.577. The fourth-order valence-electron chi connectivity index (χ4n) is 1.39. The number of carbonyl (C=O) groups excluding carboxylic acids is 1. The molecule has 146 valence electrons. The van der Waals surface area contributed by atoms with Gasteiger partial charge in [-0.15, -0.1) is 4.40 Å². The largest absolute Gasteiger partial charge is 0.534 e. The van der Waals surface area contributed by atoms with Crippen molar-refractivity contribution in [3.05, 3.63) is 23.8 Å². The number of benzene rings is 1. The van der Waals surface area contributed by atoms with Gasteiger partial charge < -0.3 is 13.8 Å². The van der Waals surface area contributed by atoms with E-state index in [1.165, 1.54) is 19.0 Å². The van der Waals surface area contributed by atoms with E-state index in [0.29, 0.717) is 12.1 Å². The maximum Gasteiger partial charge on any atom is 0.534 e. The molecule has 0 aliphatic rings. The Morgan fingerprint density at radius 1 is 1.19 bits per heavy atom. The van der Waals surface area contributed by atoms with Crippen LogP contribution in [0.5, 0.6) is 5.75 Å². The Balaban J connectivity index is 3.48. The van der Waals surface area contributed by atoms with Crippen LogP contribution in [0, 0.1) is 0 Å². The second kappa shape index (κ2) is 7.49. The topological polar surface area (TPSA) is 119 Å². The van der Waals surface area contributed by atoms with Crippen molar-refractivity contribution in [3.8, 4) is 5.75 Å². The van der Waals surface area contributed by atoms with Crippen LogP contribution in [0.15, 0.2) is 27.5 Å². The number of nitrogens with zero attached hydrogens (tertiary/aromatic N) is 2. The third kappa shape index (κ3) is 5.08. The van der Waals surface area contributed by atoms with Gasteiger partial charge in [-0.1, -0.05) is 0 Å². The summed E-state index contributed by atoms with van der Waals surface area (Å²) in [7, 11) is -6.57. The predicted octanol–water partition coefficient (Wildman–Crippen LogP) is 0.980. The fourth-order valence-corrected chi connectivity index (χ4v) is 2.81. The Labute approximate surface area is 147 Å². The molecule has 0 spiro atoms. The van der Waals surface area contributed by atoms with E-state index in [2.05, 4.69) is 13.3 Å². The molecule has 1 aromatic carbocycles. The lowest BCUT2D eigenvalue weighted by atomic mass is 10.2. The molecule has 0 saturated carbocycles. The van der Waals surface area contributed by atoms with Gasteiger partial charge in [0.2, 0.25) is 0 Å². The van der Waals surface area contributed by atoms with Crippen LogP contribution in [0.2, 0.25) is 0 Å². The van der Waals surface area contributed by atoms with E-state index < -0.39 is 47.8 Å². The first-order valence-electron chi connectivity index (χ1n) is 6.41. The Bertz CT molecular complexity index is 923. The van der Waals surface area contributed by atoms with Gasteiger partial charge in [0.25, 0.3) is 10.0 Å². The molecular weight excluding hydrogens is 405 g/mol. The lowest BCUT2D eigenvalue weighted by Crippen LogP contribution is -2.28. The normalized spacial score (nSPS) is 12.8. The summed E-state index contributed by atoms with van der Waals surface area (Å²) in [6.07, 6.45) is 0.936. The minimum Gasteiger partial charge on any atom is -0.465 e. The molecule has 0 saturated heterocycles. The maximum atomic E-state index is 12.4. The molecule has 0 aliphatic carbocycles. The Morgan fingerprint density at radius 3 is 2.23 bits per heavy atom. The van der Waals surface area contributed by atoms with E-state index in [9.17, 15) is 34.8 Å². The number of esters is 1. The van der Waals surface area contributed by atoms with Crippen molar-refractivity contribution in [3.63, 3.8) is 0 Å². The van der Waals surface area contributed by atoms with Crippen molar-refractivity contribution in [2.45, 2.75) is 10.4 Å². The number of ether oxygens (including phenoxy) is 1. The summed E-state index contributed by atoms with van der Waals surface area (Å²) in [6.45, 7) is 0. The number of hydrogen-bond donors (Lipinski definition) is 0. The average molecular weight is 418 g/mol. The van der Waals surface area contributed by atoms with Crippen LogP contribution >= 0.6 is 0 Å². The molecule has 0 unspecified atom stereocenters. The standard InChI is InChI=1S/C12H13F3N2O7S2/c1-17(2)7-16-25(19,20)8-4-5-10(9(6-8)11(18)23-3)24-26(21,22)12(13,14)15/h4-7H,1-3H3. The molecule has 26 heavy (non-hydrogen) atoms. The summed E-state index contributed by atoms with van der Waals surface area (Å²) in [4.78, 5) is 12.4. The van der Waals surface area contributed by atoms with E-state index in [0.717, 1.165) is 19.5 Å². The quantitative estimate of drug-likeness (QED) is 0.220. The first-order valence-corrected chi connectivity index (χ1v) is 9.26. The van der Waals surface area contributed by atoms with Gasteiger partial charge in [-0.2, -0.15) is 30.0 Å². The Kier molecular flexibility index (Phi) is 6.25. The maximum absolute atomic E-state index is 12.4. The molecule has 0 amide bonds. The highest BCUT2D eigenvalue weighted by molar-refractivity contribution is 7.90. The van der Waals surface area contributed by atoms with Crippen molar-refractivity contribution in [1.29, 1.82) is 0 Å². The van der Waals surface area contributed by atoms with E-state index in [4.69, 9.17) is 0 Å². The van der Waals surface area contributed by atoms with Crippen molar-refractivity contribution in [2.75, 3.05) is 21.2 Å². The Hall–Kier alpha value is -2.35. The molecule has 9 nitrogen and oxygen atoms in total. The van der Waals surface area contributed by atoms with E-state index >= 15 is 0 Å².